The van der Waals surface area contributed by atoms with E-state index in [2.05, 4.69) is 10.5 Å². The minimum Gasteiger partial charge on any atom is -0.492 e. The number of carbonyl (C=O) groups is 1. The SMILES string of the molecule is Cc1oncc1C(=O)Nc1ccc(OCCN)cc1. The van der Waals surface area contributed by atoms with E-state index in [4.69, 9.17) is 15.0 Å². The zero-order chi connectivity index (χ0) is 13.7. The first-order chi connectivity index (χ1) is 9.20. The molecule has 0 aliphatic carbocycles. The largest absolute Gasteiger partial charge is 0.492 e. The third-order valence-corrected chi connectivity index (χ3v) is 2.49. The van der Waals surface area contributed by atoms with E-state index in [-0.39, 0.29) is 5.91 Å². The van der Waals surface area contributed by atoms with Crippen LogP contribution in [0.3, 0.4) is 0 Å². The fourth-order valence-corrected chi connectivity index (χ4v) is 1.53. The van der Waals surface area contributed by atoms with E-state index in [1.54, 1.807) is 31.2 Å². The lowest BCUT2D eigenvalue weighted by atomic mass is 10.2. The number of hydrogen-bond acceptors (Lipinski definition) is 5. The molecule has 2 rings (SSSR count). The van der Waals surface area contributed by atoms with E-state index in [1.165, 1.54) is 6.20 Å². The summed E-state index contributed by atoms with van der Waals surface area (Å²) >= 11 is 0. The topological polar surface area (TPSA) is 90.4 Å². The molecule has 0 unspecified atom stereocenters. The molecule has 0 saturated heterocycles. The molecule has 0 radical (unpaired) electrons. The Kier molecular flexibility index (Phi) is 4.15. The number of amides is 1. The van der Waals surface area contributed by atoms with Crippen LogP contribution in [0.25, 0.3) is 0 Å². The summed E-state index contributed by atoms with van der Waals surface area (Å²) in [4.78, 5) is 11.9. The Hall–Kier alpha value is -2.34. The summed E-state index contributed by atoms with van der Waals surface area (Å²) in [6.45, 7) is 2.61. The molecule has 19 heavy (non-hydrogen) atoms. The number of nitrogens with two attached hydrogens (primary N) is 1. The maximum Gasteiger partial charge on any atom is 0.260 e. The summed E-state index contributed by atoms with van der Waals surface area (Å²) in [5.74, 6) is 0.944. The van der Waals surface area contributed by atoms with Crippen LogP contribution in [0.2, 0.25) is 0 Å². The van der Waals surface area contributed by atoms with Crippen molar-refractivity contribution in [2.75, 3.05) is 18.5 Å². The molecule has 2 aromatic rings. The van der Waals surface area contributed by atoms with E-state index in [9.17, 15) is 4.79 Å². The molecule has 1 heterocycles. The van der Waals surface area contributed by atoms with Crippen molar-refractivity contribution in [3.63, 3.8) is 0 Å². The van der Waals surface area contributed by atoms with Crippen molar-refractivity contribution in [2.45, 2.75) is 6.92 Å². The molecule has 0 spiro atoms. The average molecular weight is 261 g/mol. The highest BCUT2D eigenvalue weighted by molar-refractivity contribution is 6.04. The summed E-state index contributed by atoms with van der Waals surface area (Å²) in [5, 5.41) is 6.31. The van der Waals surface area contributed by atoms with Crippen molar-refractivity contribution in [1.82, 2.24) is 5.16 Å². The Morgan fingerprint density at radius 1 is 1.42 bits per heavy atom. The van der Waals surface area contributed by atoms with E-state index >= 15 is 0 Å². The molecule has 0 fully saturated rings. The van der Waals surface area contributed by atoms with Gasteiger partial charge in [0.25, 0.3) is 5.91 Å². The molecule has 1 aromatic carbocycles. The molecule has 1 amide bonds. The lowest BCUT2D eigenvalue weighted by Gasteiger charge is -2.07. The van der Waals surface area contributed by atoms with Gasteiger partial charge in [-0.15, -0.1) is 0 Å². The first-order valence-electron chi connectivity index (χ1n) is 5.86. The van der Waals surface area contributed by atoms with Crippen LogP contribution in [0.1, 0.15) is 16.1 Å². The maximum atomic E-state index is 11.9. The van der Waals surface area contributed by atoms with Crippen molar-refractivity contribution >= 4 is 11.6 Å². The lowest BCUT2D eigenvalue weighted by molar-refractivity contribution is 0.102. The van der Waals surface area contributed by atoms with Gasteiger partial charge in [-0.25, -0.2) is 0 Å². The second-order valence-corrected chi connectivity index (χ2v) is 3.91. The second-order valence-electron chi connectivity index (χ2n) is 3.91. The van der Waals surface area contributed by atoms with Gasteiger partial charge >= 0.3 is 0 Å². The standard InChI is InChI=1S/C13H15N3O3/c1-9-12(8-15-19-9)13(17)16-10-2-4-11(5-3-10)18-7-6-14/h2-5,8H,6-7,14H2,1H3,(H,16,17). The number of rotatable bonds is 5. The minimum absolute atomic E-state index is 0.255. The van der Waals surface area contributed by atoms with Gasteiger partial charge in [0.2, 0.25) is 0 Å². The Morgan fingerprint density at radius 3 is 2.74 bits per heavy atom. The summed E-state index contributed by atoms with van der Waals surface area (Å²) in [6.07, 6.45) is 1.39. The molecule has 0 bridgehead atoms. The van der Waals surface area contributed by atoms with E-state index in [1.807, 2.05) is 0 Å². The quantitative estimate of drug-likeness (QED) is 0.852. The number of aromatic nitrogens is 1. The van der Waals surface area contributed by atoms with Crippen LogP contribution in [0.4, 0.5) is 5.69 Å². The smallest absolute Gasteiger partial charge is 0.260 e. The zero-order valence-electron chi connectivity index (χ0n) is 10.6. The molecular formula is C13H15N3O3. The van der Waals surface area contributed by atoms with Crippen LogP contribution in [0.5, 0.6) is 5.75 Å². The molecule has 3 N–H and O–H groups in total. The third-order valence-electron chi connectivity index (χ3n) is 2.49. The Morgan fingerprint density at radius 2 is 2.16 bits per heavy atom. The highest BCUT2D eigenvalue weighted by Gasteiger charge is 2.12. The number of carbonyl (C=O) groups excluding carboxylic acids is 1. The van der Waals surface area contributed by atoms with E-state index in [0.717, 1.165) is 0 Å². The van der Waals surface area contributed by atoms with Gasteiger partial charge in [-0.05, 0) is 31.2 Å². The number of ether oxygens (including phenoxy) is 1. The molecule has 0 aliphatic heterocycles. The third kappa shape index (κ3) is 3.32. The number of nitrogens with zero attached hydrogens (tertiary/aromatic N) is 1. The summed E-state index contributed by atoms with van der Waals surface area (Å²) in [5.41, 5.74) is 6.44. The Bertz CT molecular complexity index is 549. The minimum atomic E-state index is -0.255. The van der Waals surface area contributed by atoms with Crippen molar-refractivity contribution in [3.05, 3.63) is 41.8 Å². The fourth-order valence-electron chi connectivity index (χ4n) is 1.53. The zero-order valence-corrected chi connectivity index (χ0v) is 10.6. The van der Waals surface area contributed by atoms with Crippen LogP contribution in [-0.4, -0.2) is 24.2 Å². The monoisotopic (exact) mass is 261 g/mol. The summed E-state index contributed by atoms with van der Waals surface area (Å²) < 4.78 is 10.2. The number of aryl methyl sites for hydroxylation is 1. The molecule has 6 nitrogen and oxygen atoms in total. The molecule has 0 atom stereocenters. The first-order valence-corrected chi connectivity index (χ1v) is 5.86. The van der Waals surface area contributed by atoms with E-state index < -0.39 is 0 Å². The van der Waals surface area contributed by atoms with Crippen LogP contribution in [0.15, 0.2) is 35.0 Å². The van der Waals surface area contributed by atoms with Crippen LogP contribution in [0, 0.1) is 6.92 Å². The van der Waals surface area contributed by atoms with Crippen LogP contribution >= 0.6 is 0 Å². The molecule has 0 aliphatic rings. The first kappa shape index (κ1) is 13.1. The van der Waals surface area contributed by atoms with Crippen LogP contribution in [-0.2, 0) is 0 Å². The number of nitrogens with one attached hydrogen (secondary N) is 1. The van der Waals surface area contributed by atoms with Gasteiger partial charge in [-0.2, -0.15) is 0 Å². The number of anilines is 1. The van der Waals surface area contributed by atoms with Crippen molar-refractivity contribution in [3.8, 4) is 5.75 Å². The molecule has 1 aromatic heterocycles. The fraction of sp³-hybridized carbons (Fsp3) is 0.231. The van der Waals surface area contributed by atoms with E-state index in [0.29, 0.717) is 35.9 Å². The molecule has 6 heteroatoms. The highest BCUT2D eigenvalue weighted by atomic mass is 16.5. The highest BCUT2D eigenvalue weighted by Crippen LogP contribution is 2.17. The van der Waals surface area contributed by atoms with Gasteiger partial charge < -0.3 is 20.3 Å². The lowest BCUT2D eigenvalue weighted by Crippen LogP contribution is -2.12. The molecule has 100 valence electrons. The maximum absolute atomic E-state index is 11.9. The molecular weight excluding hydrogens is 246 g/mol. The molecule has 0 saturated carbocycles. The van der Waals surface area contributed by atoms with Crippen molar-refractivity contribution in [2.24, 2.45) is 5.73 Å². The average Bonchev–Trinajstić information content (AvgIpc) is 2.84. The van der Waals surface area contributed by atoms with Gasteiger partial charge in [0.05, 0.1) is 6.20 Å². The number of benzene rings is 1. The van der Waals surface area contributed by atoms with Crippen molar-refractivity contribution < 1.29 is 14.1 Å². The normalized spacial score (nSPS) is 10.2. The van der Waals surface area contributed by atoms with Gasteiger partial charge in [-0.3, -0.25) is 4.79 Å². The van der Waals surface area contributed by atoms with Gasteiger partial charge in [-0.1, -0.05) is 5.16 Å². The van der Waals surface area contributed by atoms with Gasteiger partial charge in [0.15, 0.2) is 0 Å². The Labute approximate surface area is 110 Å². The van der Waals surface area contributed by atoms with Crippen molar-refractivity contribution in [1.29, 1.82) is 0 Å². The number of hydrogen-bond donors (Lipinski definition) is 2. The summed E-state index contributed by atoms with van der Waals surface area (Å²) in [6, 6.07) is 7.05. The van der Waals surface area contributed by atoms with Gasteiger partial charge in [0, 0.05) is 12.2 Å². The van der Waals surface area contributed by atoms with Crippen LogP contribution < -0.4 is 15.8 Å². The van der Waals surface area contributed by atoms with Gasteiger partial charge in [0.1, 0.15) is 23.7 Å². The predicted molar refractivity (Wildman–Crippen MR) is 70.2 cm³/mol. The Balaban J connectivity index is 2.00. The second kappa shape index (κ2) is 6.01. The predicted octanol–water partition coefficient (Wildman–Crippen LogP) is 1.57. The summed E-state index contributed by atoms with van der Waals surface area (Å²) in [7, 11) is 0.